The number of nitrogens with zero attached hydrogens (tertiary/aromatic N) is 4. The molecule has 2 atom stereocenters. The van der Waals surface area contributed by atoms with Crippen LogP contribution in [0.4, 0.5) is 0 Å². The number of aryl methyl sites for hydroxylation is 2. The van der Waals surface area contributed by atoms with Crippen LogP contribution in [-0.2, 0) is 36.8 Å². The van der Waals surface area contributed by atoms with Gasteiger partial charge in [0.1, 0.15) is 17.1 Å². The van der Waals surface area contributed by atoms with E-state index in [1.165, 1.54) is 27.6 Å². The molecular formula is C55H50N4OPt. The van der Waals surface area contributed by atoms with Gasteiger partial charge < -0.3 is 13.9 Å². The normalized spacial score (nSPS) is 18.0. The first kappa shape index (κ1) is 40.6. The van der Waals surface area contributed by atoms with Crippen LogP contribution in [-0.4, -0.2) is 25.6 Å². The number of fused-ring (bicyclic) bond motifs is 6. The molecule has 1 aliphatic heterocycles. The molecule has 0 aliphatic carbocycles. The van der Waals surface area contributed by atoms with Crippen molar-refractivity contribution < 1.29 is 25.8 Å². The van der Waals surface area contributed by atoms with E-state index in [1.54, 1.807) is 0 Å². The largest absolute Gasteiger partial charge is 2.00 e. The summed E-state index contributed by atoms with van der Waals surface area (Å²) in [5.74, 6) is 0.829. The first-order valence-electron chi connectivity index (χ1n) is 21.1. The van der Waals surface area contributed by atoms with E-state index in [2.05, 4.69) is 205 Å². The second-order valence-electron chi connectivity index (χ2n) is 18.4. The smallest absolute Gasteiger partial charge is 0.508 e. The standard InChI is InChI=1S/C55H50N4O.Pt/c1-34(2)54(8)55(9,40-19-14-11-15-20-40)60-52(57-54)39-29-41(53(5,6)7)32-42(30-39)58-47-24-22-35(3)27-44(47)45-28-36(4)49(33-50(45)58)59-48-25-23-38(37-17-12-10-13-18-37)31-46(48)43-21-16-26-56-51(43)59;/h10-29,31-32,34H,1-9H3;/q-2;+2/t54-,55-;/m1./s1. The predicted octanol–water partition coefficient (Wildman–Crippen LogP) is 13.6. The summed E-state index contributed by atoms with van der Waals surface area (Å²) >= 11 is 0. The van der Waals surface area contributed by atoms with E-state index in [4.69, 9.17) is 14.7 Å². The Balaban J connectivity index is 0.00000476. The van der Waals surface area contributed by atoms with E-state index >= 15 is 0 Å². The molecule has 1 aliphatic rings. The Hall–Kier alpha value is -5.77. The number of aliphatic imine (C=N–C) groups is 1. The van der Waals surface area contributed by atoms with Crippen LogP contribution in [0.2, 0.25) is 0 Å². The fourth-order valence-corrected chi connectivity index (χ4v) is 9.32. The van der Waals surface area contributed by atoms with Gasteiger partial charge >= 0.3 is 21.1 Å². The maximum Gasteiger partial charge on any atom is 2.00 e. The zero-order valence-corrected chi connectivity index (χ0v) is 38.6. The average Bonchev–Trinajstić information content (AvgIpc) is 3.85. The fourth-order valence-electron chi connectivity index (χ4n) is 9.32. The molecule has 0 amide bonds. The van der Waals surface area contributed by atoms with Crippen LogP contribution in [0.3, 0.4) is 0 Å². The zero-order chi connectivity index (χ0) is 41.7. The molecule has 0 spiro atoms. The Labute approximate surface area is 373 Å². The Morgan fingerprint density at radius 3 is 2.08 bits per heavy atom. The molecule has 5 nitrogen and oxygen atoms in total. The summed E-state index contributed by atoms with van der Waals surface area (Å²) in [7, 11) is 0. The molecule has 61 heavy (non-hydrogen) atoms. The van der Waals surface area contributed by atoms with Gasteiger partial charge in [-0.2, -0.15) is 6.07 Å². The minimum atomic E-state index is -0.674. The third-order valence-corrected chi connectivity index (χ3v) is 13.2. The van der Waals surface area contributed by atoms with Gasteiger partial charge in [-0.05, 0) is 90.2 Å². The topological polar surface area (TPSA) is 44.3 Å². The second kappa shape index (κ2) is 14.7. The summed E-state index contributed by atoms with van der Waals surface area (Å²) in [5, 5.41) is 4.59. The van der Waals surface area contributed by atoms with Gasteiger partial charge in [-0.1, -0.05) is 143 Å². The average molecular weight is 978 g/mol. The van der Waals surface area contributed by atoms with Crippen molar-refractivity contribution >= 4 is 49.6 Å². The van der Waals surface area contributed by atoms with Crippen molar-refractivity contribution in [3.8, 4) is 22.5 Å². The van der Waals surface area contributed by atoms with Crippen molar-refractivity contribution in [2.45, 2.75) is 78.9 Å². The Morgan fingerprint density at radius 1 is 0.672 bits per heavy atom. The fraction of sp³-hybridized carbons (Fsp3) is 0.236. The number of rotatable bonds is 6. The molecule has 0 saturated carbocycles. The molecule has 4 heterocycles. The molecular weight excluding hydrogens is 928 g/mol. The maximum atomic E-state index is 7.12. The summed E-state index contributed by atoms with van der Waals surface area (Å²) in [6.07, 6.45) is 1.89. The van der Waals surface area contributed by atoms with Gasteiger partial charge in [0.25, 0.3) is 0 Å². The first-order valence-corrected chi connectivity index (χ1v) is 21.1. The van der Waals surface area contributed by atoms with Gasteiger partial charge in [0.05, 0.1) is 11.1 Å². The zero-order valence-electron chi connectivity index (χ0n) is 36.3. The molecule has 6 heteroatoms. The van der Waals surface area contributed by atoms with E-state index in [0.717, 1.165) is 66.4 Å². The van der Waals surface area contributed by atoms with E-state index in [-0.39, 0.29) is 32.4 Å². The molecule has 0 unspecified atom stereocenters. The van der Waals surface area contributed by atoms with E-state index < -0.39 is 11.1 Å². The summed E-state index contributed by atoms with van der Waals surface area (Å²) in [5.41, 5.74) is 12.4. The van der Waals surface area contributed by atoms with Crippen molar-refractivity contribution in [2.75, 3.05) is 0 Å². The molecule has 6 aromatic carbocycles. The Morgan fingerprint density at radius 2 is 1.36 bits per heavy atom. The van der Waals surface area contributed by atoms with Crippen molar-refractivity contribution in [3.63, 3.8) is 0 Å². The second-order valence-corrected chi connectivity index (χ2v) is 18.4. The summed E-state index contributed by atoms with van der Waals surface area (Å²) < 4.78 is 11.8. The molecule has 0 N–H and O–H groups in total. The van der Waals surface area contributed by atoms with Crippen LogP contribution >= 0.6 is 0 Å². The number of aromatic nitrogens is 3. The van der Waals surface area contributed by atoms with Gasteiger partial charge in [-0.15, -0.1) is 40.8 Å². The third-order valence-electron chi connectivity index (χ3n) is 13.2. The predicted molar refractivity (Wildman–Crippen MR) is 249 cm³/mol. The molecule has 306 valence electrons. The molecule has 0 saturated heterocycles. The van der Waals surface area contributed by atoms with Crippen LogP contribution in [0.5, 0.6) is 0 Å². The van der Waals surface area contributed by atoms with Crippen LogP contribution in [0.15, 0.2) is 139 Å². The number of benzene rings is 6. The molecule has 0 radical (unpaired) electrons. The number of hydrogen-bond acceptors (Lipinski definition) is 3. The Bertz CT molecular complexity index is 3190. The molecule has 10 rings (SSSR count). The van der Waals surface area contributed by atoms with Gasteiger partial charge in [0.2, 0.25) is 0 Å². The monoisotopic (exact) mass is 977 g/mol. The number of pyridine rings is 1. The number of ether oxygens (including phenoxy) is 1. The van der Waals surface area contributed by atoms with E-state index in [9.17, 15) is 0 Å². The summed E-state index contributed by atoms with van der Waals surface area (Å²) in [6, 6.07) is 53.6. The van der Waals surface area contributed by atoms with Crippen LogP contribution in [0.25, 0.3) is 66.2 Å². The minimum absolute atomic E-state index is 0. The van der Waals surface area contributed by atoms with E-state index in [0.29, 0.717) is 5.90 Å². The quantitative estimate of drug-likeness (QED) is 0.156. The van der Waals surface area contributed by atoms with Crippen molar-refractivity contribution in [1.82, 2.24) is 14.1 Å². The van der Waals surface area contributed by atoms with Crippen LogP contribution in [0.1, 0.15) is 76.3 Å². The van der Waals surface area contributed by atoms with Gasteiger partial charge in [-0.3, -0.25) is 4.99 Å². The number of hydrogen-bond donors (Lipinski definition) is 0. The van der Waals surface area contributed by atoms with Crippen molar-refractivity contribution in [3.05, 3.63) is 174 Å². The van der Waals surface area contributed by atoms with Crippen molar-refractivity contribution in [1.29, 1.82) is 0 Å². The molecule has 3 aromatic heterocycles. The van der Waals surface area contributed by atoms with E-state index in [1.807, 2.05) is 12.3 Å². The van der Waals surface area contributed by atoms with Crippen molar-refractivity contribution in [2.24, 2.45) is 10.9 Å². The minimum Gasteiger partial charge on any atom is -0.508 e. The Kier molecular flexibility index (Phi) is 9.79. The van der Waals surface area contributed by atoms with Gasteiger partial charge in [-0.25, -0.2) is 4.98 Å². The SMILES string of the molecule is Cc1ccc2c(c1)c1cc(C)c(-n3c4ccc(-c5ccccc5)cc4c4cccnc43)[c-]c1n2-c1[c-]c(C2=N[C@](C)(C(C)C)[C@@](C)(c3ccccc3)O2)cc(C(C)(C)C)c1.[Pt+2]. The summed E-state index contributed by atoms with van der Waals surface area (Å²) in [4.78, 5) is 10.5. The van der Waals surface area contributed by atoms with Crippen LogP contribution in [0, 0.1) is 31.9 Å². The molecule has 9 aromatic rings. The molecule has 0 fully saturated rings. The molecule has 0 bridgehead atoms. The third kappa shape index (κ3) is 6.38. The van der Waals surface area contributed by atoms with Gasteiger partial charge in [0.15, 0.2) is 0 Å². The summed E-state index contributed by atoms with van der Waals surface area (Å²) in [6.45, 7) is 20.0. The van der Waals surface area contributed by atoms with Gasteiger partial charge in [0, 0.05) is 22.5 Å². The first-order chi connectivity index (χ1) is 28.7. The van der Waals surface area contributed by atoms with Crippen LogP contribution < -0.4 is 0 Å². The maximum absolute atomic E-state index is 7.12.